The fraction of sp³-hybridized carbons (Fsp3) is 0.562. The lowest BCUT2D eigenvalue weighted by molar-refractivity contribution is -0.129. The SMILES string of the molecule is O=C(CNC1CC1)N1CCC(Cc2ccc(O)cc2)C1. The smallest absolute Gasteiger partial charge is 0.236 e. The van der Waals surface area contributed by atoms with Gasteiger partial charge in [-0.2, -0.15) is 0 Å². The number of phenols is 1. The summed E-state index contributed by atoms with van der Waals surface area (Å²) in [6.45, 7) is 2.25. The van der Waals surface area contributed by atoms with Crippen molar-refractivity contribution >= 4 is 5.91 Å². The third-order valence-corrected chi connectivity index (χ3v) is 4.22. The van der Waals surface area contributed by atoms with Gasteiger partial charge < -0.3 is 15.3 Å². The Kier molecular flexibility index (Phi) is 3.92. The Morgan fingerprint density at radius 3 is 2.70 bits per heavy atom. The molecular weight excluding hydrogens is 252 g/mol. The van der Waals surface area contributed by atoms with E-state index in [9.17, 15) is 9.90 Å². The molecule has 2 N–H and O–H groups in total. The number of nitrogens with zero attached hydrogens (tertiary/aromatic N) is 1. The predicted molar refractivity (Wildman–Crippen MR) is 77.5 cm³/mol. The third kappa shape index (κ3) is 3.51. The van der Waals surface area contributed by atoms with Gasteiger partial charge in [0, 0.05) is 19.1 Å². The van der Waals surface area contributed by atoms with E-state index in [2.05, 4.69) is 5.32 Å². The lowest BCUT2D eigenvalue weighted by Crippen LogP contribution is -2.37. The van der Waals surface area contributed by atoms with E-state index in [1.54, 1.807) is 12.1 Å². The fourth-order valence-electron chi connectivity index (χ4n) is 2.82. The summed E-state index contributed by atoms with van der Waals surface area (Å²) in [5.41, 5.74) is 1.23. The zero-order valence-corrected chi connectivity index (χ0v) is 11.7. The van der Waals surface area contributed by atoms with Crippen LogP contribution in [-0.2, 0) is 11.2 Å². The molecular formula is C16H22N2O2. The summed E-state index contributed by atoms with van der Waals surface area (Å²) in [6.07, 6.45) is 4.50. The molecule has 0 radical (unpaired) electrons. The van der Waals surface area contributed by atoms with Gasteiger partial charge in [-0.15, -0.1) is 0 Å². The number of carbonyl (C=O) groups is 1. The van der Waals surface area contributed by atoms with Crippen molar-refractivity contribution in [3.63, 3.8) is 0 Å². The molecule has 0 spiro atoms. The van der Waals surface area contributed by atoms with Crippen molar-refractivity contribution in [3.8, 4) is 5.75 Å². The topological polar surface area (TPSA) is 52.6 Å². The highest BCUT2D eigenvalue weighted by Crippen LogP contribution is 2.22. The minimum Gasteiger partial charge on any atom is -0.508 e. The number of hydrogen-bond donors (Lipinski definition) is 2. The molecule has 1 saturated carbocycles. The summed E-state index contributed by atoms with van der Waals surface area (Å²) >= 11 is 0. The Labute approximate surface area is 119 Å². The molecule has 2 aliphatic rings. The number of amides is 1. The highest BCUT2D eigenvalue weighted by molar-refractivity contribution is 5.78. The zero-order valence-electron chi connectivity index (χ0n) is 11.7. The molecule has 1 aliphatic heterocycles. The summed E-state index contributed by atoms with van der Waals surface area (Å²) in [5.74, 6) is 1.10. The minimum atomic E-state index is 0.241. The Morgan fingerprint density at radius 1 is 1.25 bits per heavy atom. The molecule has 0 bridgehead atoms. The standard InChI is InChI=1S/C16H22N2O2/c19-15-5-1-12(2-6-15)9-13-7-8-18(11-13)16(20)10-17-14-3-4-14/h1-2,5-6,13-14,17,19H,3-4,7-11H2. The summed E-state index contributed by atoms with van der Waals surface area (Å²) in [4.78, 5) is 14.0. The van der Waals surface area contributed by atoms with E-state index in [-0.39, 0.29) is 5.91 Å². The molecule has 108 valence electrons. The first-order chi connectivity index (χ1) is 9.70. The maximum atomic E-state index is 12.1. The third-order valence-electron chi connectivity index (χ3n) is 4.22. The van der Waals surface area contributed by atoms with E-state index in [1.165, 1.54) is 18.4 Å². The molecule has 1 aromatic rings. The molecule has 1 heterocycles. The second-order valence-corrected chi connectivity index (χ2v) is 6.02. The second-order valence-electron chi connectivity index (χ2n) is 6.02. The van der Waals surface area contributed by atoms with E-state index in [0.29, 0.717) is 24.3 Å². The molecule has 1 aliphatic carbocycles. The monoisotopic (exact) mass is 274 g/mol. The van der Waals surface area contributed by atoms with Crippen molar-refractivity contribution in [2.24, 2.45) is 5.92 Å². The number of carbonyl (C=O) groups excluding carboxylic acids is 1. The molecule has 2 fully saturated rings. The quantitative estimate of drug-likeness (QED) is 0.856. The number of aromatic hydroxyl groups is 1. The summed E-state index contributed by atoms with van der Waals surface area (Å²) in [5, 5.41) is 12.6. The van der Waals surface area contributed by atoms with Gasteiger partial charge in [0.2, 0.25) is 5.91 Å². The zero-order chi connectivity index (χ0) is 13.9. The number of rotatable bonds is 5. The summed E-state index contributed by atoms with van der Waals surface area (Å²) < 4.78 is 0. The van der Waals surface area contributed by atoms with Crippen LogP contribution in [0.2, 0.25) is 0 Å². The Bertz CT molecular complexity index is 468. The Morgan fingerprint density at radius 2 is 2.00 bits per heavy atom. The fourth-order valence-corrected chi connectivity index (χ4v) is 2.82. The highest BCUT2D eigenvalue weighted by Gasteiger charge is 2.27. The van der Waals surface area contributed by atoms with Crippen LogP contribution >= 0.6 is 0 Å². The van der Waals surface area contributed by atoms with Gasteiger partial charge in [-0.3, -0.25) is 4.79 Å². The molecule has 20 heavy (non-hydrogen) atoms. The van der Waals surface area contributed by atoms with Crippen LogP contribution in [0.4, 0.5) is 0 Å². The molecule has 1 aromatic carbocycles. The van der Waals surface area contributed by atoms with Crippen LogP contribution in [-0.4, -0.2) is 41.6 Å². The van der Waals surface area contributed by atoms with E-state index in [0.717, 1.165) is 25.9 Å². The summed E-state index contributed by atoms with van der Waals surface area (Å²) in [7, 11) is 0. The first-order valence-corrected chi connectivity index (χ1v) is 7.50. The highest BCUT2D eigenvalue weighted by atomic mass is 16.3. The van der Waals surface area contributed by atoms with E-state index in [4.69, 9.17) is 0 Å². The largest absolute Gasteiger partial charge is 0.508 e. The molecule has 3 rings (SSSR count). The van der Waals surface area contributed by atoms with Crippen LogP contribution < -0.4 is 5.32 Å². The van der Waals surface area contributed by atoms with Gasteiger partial charge in [0.15, 0.2) is 0 Å². The van der Waals surface area contributed by atoms with Crippen LogP contribution in [0.15, 0.2) is 24.3 Å². The molecule has 1 atom stereocenters. The van der Waals surface area contributed by atoms with E-state index in [1.807, 2.05) is 17.0 Å². The predicted octanol–water partition coefficient (Wildman–Crippen LogP) is 1.54. The van der Waals surface area contributed by atoms with E-state index >= 15 is 0 Å². The van der Waals surface area contributed by atoms with Gasteiger partial charge in [0.1, 0.15) is 5.75 Å². The van der Waals surface area contributed by atoms with Gasteiger partial charge >= 0.3 is 0 Å². The molecule has 4 heteroatoms. The van der Waals surface area contributed by atoms with Gasteiger partial charge in [-0.1, -0.05) is 12.1 Å². The van der Waals surface area contributed by atoms with Gasteiger partial charge in [-0.25, -0.2) is 0 Å². The second kappa shape index (κ2) is 5.83. The molecule has 0 aromatic heterocycles. The Balaban J connectivity index is 1.46. The number of hydrogen-bond acceptors (Lipinski definition) is 3. The average Bonchev–Trinajstić information content (AvgIpc) is 3.17. The lowest BCUT2D eigenvalue weighted by atomic mass is 9.99. The van der Waals surface area contributed by atoms with Crippen molar-refractivity contribution in [1.29, 1.82) is 0 Å². The van der Waals surface area contributed by atoms with Gasteiger partial charge in [0.05, 0.1) is 6.54 Å². The molecule has 1 unspecified atom stereocenters. The van der Waals surface area contributed by atoms with Crippen molar-refractivity contribution in [3.05, 3.63) is 29.8 Å². The lowest BCUT2D eigenvalue weighted by Gasteiger charge is -2.17. The van der Waals surface area contributed by atoms with Crippen molar-refractivity contribution < 1.29 is 9.90 Å². The van der Waals surface area contributed by atoms with Gasteiger partial charge in [0.25, 0.3) is 0 Å². The minimum absolute atomic E-state index is 0.241. The number of phenolic OH excluding ortho intramolecular Hbond substituents is 1. The normalized spacial score (nSPS) is 22.2. The first kappa shape index (κ1) is 13.4. The number of benzene rings is 1. The average molecular weight is 274 g/mol. The van der Waals surface area contributed by atoms with Gasteiger partial charge in [-0.05, 0) is 49.3 Å². The first-order valence-electron chi connectivity index (χ1n) is 7.50. The van der Waals surface area contributed by atoms with Crippen molar-refractivity contribution in [2.75, 3.05) is 19.6 Å². The van der Waals surface area contributed by atoms with Crippen LogP contribution in [0.3, 0.4) is 0 Å². The van der Waals surface area contributed by atoms with E-state index < -0.39 is 0 Å². The van der Waals surface area contributed by atoms with Crippen LogP contribution in [0, 0.1) is 5.92 Å². The molecule has 1 amide bonds. The van der Waals surface area contributed by atoms with Crippen LogP contribution in [0.5, 0.6) is 5.75 Å². The maximum Gasteiger partial charge on any atom is 0.236 e. The maximum absolute atomic E-state index is 12.1. The van der Waals surface area contributed by atoms with Crippen LogP contribution in [0.25, 0.3) is 0 Å². The van der Waals surface area contributed by atoms with Crippen molar-refractivity contribution in [1.82, 2.24) is 10.2 Å². The Hall–Kier alpha value is -1.55. The number of likely N-dealkylation sites (tertiary alicyclic amines) is 1. The molecule has 4 nitrogen and oxygen atoms in total. The number of nitrogens with one attached hydrogen (secondary N) is 1. The molecule has 1 saturated heterocycles. The van der Waals surface area contributed by atoms with Crippen molar-refractivity contribution in [2.45, 2.75) is 31.7 Å². The summed E-state index contributed by atoms with van der Waals surface area (Å²) in [6, 6.07) is 7.98. The van der Waals surface area contributed by atoms with Crippen LogP contribution in [0.1, 0.15) is 24.8 Å².